The van der Waals surface area contributed by atoms with Crippen LogP contribution < -0.4 is 0 Å². The standard InChI is InChI=1S/C11H8BrF2NO2/c1-17-11(16)8-3-6(10(13)14)2-7(5-15)9(8)4-12/h2-3,10H,4H2,1H3. The van der Waals surface area contributed by atoms with Crippen LogP contribution in [0.5, 0.6) is 0 Å². The molecule has 0 saturated heterocycles. The number of ether oxygens (including phenoxy) is 1. The number of nitriles is 1. The van der Waals surface area contributed by atoms with Crippen LogP contribution >= 0.6 is 15.9 Å². The number of hydrogen-bond donors (Lipinski definition) is 0. The molecule has 0 aromatic heterocycles. The number of methoxy groups -OCH3 is 1. The zero-order valence-electron chi connectivity index (χ0n) is 8.84. The van der Waals surface area contributed by atoms with Crippen LogP contribution in [0.15, 0.2) is 12.1 Å². The SMILES string of the molecule is COC(=O)c1cc(C(F)F)cc(C#N)c1CBr. The molecule has 0 bridgehead atoms. The molecule has 0 heterocycles. The van der Waals surface area contributed by atoms with Gasteiger partial charge in [-0.3, -0.25) is 0 Å². The first-order valence-corrected chi connectivity index (χ1v) is 5.66. The monoisotopic (exact) mass is 303 g/mol. The summed E-state index contributed by atoms with van der Waals surface area (Å²) in [4.78, 5) is 11.4. The van der Waals surface area contributed by atoms with E-state index in [0.717, 1.165) is 19.2 Å². The summed E-state index contributed by atoms with van der Waals surface area (Å²) in [5.74, 6) is -0.738. The predicted octanol–water partition coefficient (Wildman–Crippen LogP) is 3.18. The fourth-order valence-electron chi connectivity index (χ4n) is 1.36. The molecule has 0 unspecified atom stereocenters. The van der Waals surface area contributed by atoms with Gasteiger partial charge in [0.25, 0.3) is 6.43 Å². The summed E-state index contributed by atoms with van der Waals surface area (Å²) < 4.78 is 29.7. The van der Waals surface area contributed by atoms with Gasteiger partial charge >= 0.3 is 5.97 Å². The van der Waals surface area contributed by atoms with E-state index in [4.69, 9.17) is 5.26 Å². The van der Waals surface area contributed by atoms with Crippen molar-refractivity contribution in [2.24, 2.45) is 0 Å². The van der Waals surface area contributed by atoms with Crippen LogP contribution in [0.4, 0.5) is 8.78 Å². The van der Waals surface area contributed by atoms with Gasteiger partial charge in [-0.2, -0.15) is 5.26 Å². The number of carbonyl (C=O) groups excluding carboxylic acids is 1. The minimum Gasteiger partial charge on any atom is -0.465 e. The molecule has 6 heteroatoms. The topological polar surface area (TPSA) is 50.1 Å². The highest BCUT2D eigenvalue weighted by molar-refractivity contribution is 9.08. The molecular formula is C11H8BrF2NO2. The third kappa shape index (κ3) is 2.80. The maximum absolute atomic E-state index is 12.6. The summed E-state index contributed by atoms with van der Waals surface area (Å²) in [6.07, 6.45) is -2.74. The Morgan fingerprint density at radius 3 is 2.65 bits per heavy atom. The van der Waals surface area contributed by atoms with E-state index < -0.39 is 12.4 Å². The van der Waals surface area contributed by atoms with Crippen LogP contribution in [0.1, 0.15) is 33.5 Å². The van der Waals surface area contributed by atoms with Gasteiger partial charge < -0.3 is 4.74 Å². The Hall–Kier alpha value is -1.48. The predicted molar refractivity (Wildman–Crippen MR) is 60.1 cm³/mol. The van der Waals surface area contributed by atoms with E-state index in [9.17, 15) is 13.6 Å². The van der Waals surface area contributed by atoms with Gasteiger partial charge in [0.1, 0.15) is 0 Å². The van der Waals surface area contributed by atoms with Crippen molar-refractivity contribution < 1.29 is 18.3 Å². The highest BCUT2D eigenvalue weighted by Gasteiger charge is 2.19. The third-order valence-electron chi connectivity index (χ3n) is 2.18. The van der Waals surface area contributed by atoms with E-state index in [2.05, 4.69) is 20.7 Å². The molecule has 1 aromatic rings. The molecule has 0 aliphatic rings. The van der Waals surface area contributed by atoms with Gasteiger partial charge in [-0.1, -0.05) is 15.9 Å². The molecule has 0 radical (unpaired) electrons. The van der Waals surface area contributed by atoms with Crippen molar-refractivity contribution in [3.63, 3.8) is 0 Å². The maximum Gasteiger partial charge on any atom is 0.338 e. The Balaban J connectivity index is 3.49. The van der Waals surface area contributed by atoms with Crippen molar-refractivity contribution in [3.8, 4) is 6.07 Å². The van der Waals surface area contributed by atoms with Crippen LogP contribution in [0.2, 0.25) is 0 Å². The summed E-state index contributed by atoms with van der Waals surface area (Å²) in [5, 5.41) is 9.08. The molecule has 0 saturated carbocycles. The summed E-state index contributed by atoms with van der Waals surface area (Å²) in [7, 11) is 1.15. The van der Waals surface area contributed by atoms with Gasteiger partial charge in [-0.25, -0.2) is 13.6 Å². The number of alkyl halides is 3. The number of hydrogen-bond acceptors (Lipinski definition) is 3. The fourth-order valence-corrected chi connectivity index (χ4v) is 1.96. The van der Waals surface area contributed by atoms with Gasteiger partial charge in [0.05, 0.1) is 24.3 Å². The molecule has 90 valence electrons. The van der Waals surface area contributed by atoms with E-state index in [-0.39, 0.29) is 22.0 Å². The Kier molecular flexibility index (Phi) is 4.58. The van der Waals surface area contributed by atoms with Crippen LogP contribution in [0, 0.1) is 11.3 Å². The Morgan fingerprint density at radius 1 is 1.59 bits per heavy atom. The fraction of sp³-hybridized carbons (Fsp3) is 0.273. The number of rotatable bonds is 3. The quantitative estimate of drug-likeness (QED) is 0.636. The molecule has 0 fully saturated rings. The minimum absolute atomic E-state index is 0.0151. The molecule has 0 aliphatic heterocycles. The first-order valence-electron chi connectivity index (χ1n) is 4.54. The van der Waals surface area contributed by atoms with Gasteiger partial charge in [-0.05, 0) is 17.7 Å². The van der Waals surface area contributed by atoms with Crippen molar-refractivity contribution in [2.45, 2.75) is 11.8 Å². The van der Waals surface area contributed by atoms with Crippen molar-refractivity contribution in [2.75, 3.05) is 7.11 Å². The molecule has 0 N–H and O–H groups in total. The highest BCUT2D eigenvalue weighted by atomic mass is 79.9. The third-order valence-corrected chi connectivity index (χ3v) is 2.74. The van der Waals surface area contributed by atoms with E-state index in [1.807, 2.05) is 0 Å². The molecule has 17 heavy (non-hydrogen) atoms. The zero-order valence-corrected chi connectivity index (χ0v) is 10.4. The summed E-state index contributed by atoms with van der Waals surface area (Å²) >= 11 is 3.11. The normalized spacial score (nSPS) is 10.1. The van der Waals surface area contributed by atoms with Crippen LogP contribution in [0.25, 0.3) is 0 Å². The van der Waals surface area contributed by atoms with Crippen molar-refractivity contribution >= 4 is 21.9 Å². The first-order chi connectivity index (χ1) is 8.04. The molecule has 1 rings (SSSR count). The lowest BCUT2D eigenvalue weighted by molar-refractivity contribution is 0.0599. The lowest BCUT2D eigenvalue weighted by Gasteiger charge is -2.10. The first kappa shape index (κ1) is 13.6. The maximum atomic E-state index is 12.6. The second-order valence-corrected chi connectivity index (χ2v) is 3.69. The summed E-state index contributed by atoms with van der Waals surface area (Å²) in [5.41, 5.74) is 0.00852. The molecule has 0 atom stereocenters. The Morgan fingerprint density at radius 2 is 2.24 bits per heavy atom. The molecular weight excluding hydrogens is 296 g/mol. The Labute approximate surface area is 105 Å². The molecule has 0 aliphatic carbocycles. The van der Waals surface area contributed by atoms with Crippen LogP contribution in [-0.4, -0.2) is 13.1 Å². The number of carbonyl (C=O) groups is 1. The van der Waals surface area contributed by atoms with Crippen LogP contribution in [0.3, 0.4) is 0 Å². The molecule has 0 amide bonds. The lowest BCUT2D eigenvalue weighted by Crippen LogP contribution is -2.08. The Bertz CT molecular complexity index is 483. The number of esters is 1. The van der Waals surface area contributed by atoms with Crippen molar-refractivity contribution in [3.05, 3.63) is 34.4 Å². The van der Waals surface area contributed by atoms with Crippen molar-refractivity contribution in [1.29, 1.82) is 5.26 Å². The minimum atomic E-state index is -2.74. The van der Waals surface area contributed by atoms with E-state index in [1.165, 1.54) is 0 Å². The average Bonchev–Trinajstić information content (AvgIpc) is 2.35. The molecule has 1 aromatic carbocycles. The molecule has 0 spiro atoms. The molecule has 3 nitrogen and oxygen atoms in total. The number of nitrogens with zero attached hydrogens (tertiary/aromatic N) is 1. The zero-order chi connectivity index (χ0) is 13.0. The lowest BCUT2D eigenvalue weighted by atomic mass is 9.99. The summed E-state index contributed by atoms with van der Waals surface area (Å²) in [6, 6.07) is 3.92. The smallest absolute Gasteiger partial charge is 0.338 e. The highest BCUT2D eigenvalue weighted by Crippen LogP contribution is 2.26. The average molecular weight is 304 g/mol. The second-order valence-electron chi connectivity index (χ2n) is 3.13. The number of benzene rings is 1. The van der Waals surface area contributed by atoms with E-state index in [0.29, 0.717) is 5.56 Å². The number of halogens is 3. The van der Waals surface area contributed by atoms with Gasteiger partial charge in [0, 0.05) is 10.9 Å². The van der Waals surface area contributed by atoms with Gasteiger partial charge in [0.15, 0.2) is 0 Å². The summed E-state index contributed by atoms with van der Waals surface area (Å²) in [6.45, 7) is 0. The largest absolute Gasteiger partial charge is 0.465 e. The van der Waals surface area contributed by atoms with Gasteiger partial charge in [-0.15, -0.1) is 0 Å². The second kappa shape index (κ2) is 5.73. The van der Waals surface area contributed by atoms with Crippen molar-refractivity contribution in [1.82, 2.24) is 0 Å². The van der Waals surface area contributed by atoms with E-state index >= 15 is 0 Å². The van der Waals surface area contributed by atoms with Crippen LogP contribution in [-0.2, 0) is 10.1 Å². The van der Waals surface area contributed by atoms with Gasteiger partial charge in [0.2, 0.25) is 0 Å². The van der Waals surface area contributed by atoms with E-state index in [1.54, 1.807) is 6.07 Å².